The summed E-state index contributed by atoms with van der Waals surface area (Å²) in [6, 6.07) is 0. The van der Waals surface area contributed by atoms with Crippen LogP contribution in [0.3, 0.4) is 0 Å². The Morgan fingerprint density at radius 3 is 2.95 bits per heavy atom. The molecule has 0 saturated carbocycles. The molecule has 0 aliphatic carbocycles. The Morgan fingerprint density at radius 1 is 1.38 bits per heavy atom. The number of anilines is 1. The zero-order chi connectivity index (χ0) is 14.8. The maximum atomic E-state index is 6.03. The van der Waals surface area contributed by atoms with E-state index in [0.29, 0.717) is 17.9 Å². The predicted molar refractivity (Wildman–Crippen MR) is 85.0 cm³/mol. The van der Waals surface area contributed by atoms with Gasteiger partial charge in [0.15, 0.2) is 11.4 Å². The van der Waals surface area contributed by atoms with E-state index in [4.69, 9.17) is 16.0 Å². The maximum absolute atomic E-state index is 6.03. The highest BCUT2D eigenvalue weighted by Gasteiger charge is 2.17. The van der Waals surface area contributed by atoms with Crippen LogP contribution in [0.4, 0.5) is 5.82 Å². The highest BCUT2D eigenvalue weighted by atomic mass is 35.5. The average molecular weight is 323 g/mol. The number of thiazole rings is 1. The van der Waals surface area contributed by atoms with E-state index in [1.165, 1.54) is 0 Å². The Labute approximate surface area is 131 Å². The summed E-state index contributed by atoms with van der Waals surface area (Å²) in [5, 5.41) is 6.37. The molecule has 0 atom stereocenters. The van der Waals surface area contributed by atoms with Gasteiger partial charge in [0.1, 0.15) is 16.3 Å². The van der Waals surface area contributed by atoms with Crippen molar-refractivity contribution in [2.45, 2.75) is 33.2 Å². The standard InChI is InChI=1S/C14H15ClN4OS/c1-3-4-9-8(2)11-12(20-9)13(19-14(15)18-11)17-7-10-16-5-6-21-10/h5-6H,3-4,7H2,1-2H3,(H,17,18,19). The minimum absolute atomic E-state index is 0.219. The molecule has 0 fully saturated rings. The van der Waals surface area contributed by atoms with Crippen LogP contribution >= 0.6 is 22.9 Å². The zero-order valence-corrected chi connectivity index (χ0v) is 13.4. The lowest BCUT2D eigenvalue weighted by molar-refractivity contribution is 0.540. The molecule has 7 heteroatoms. The molecule has 0 amide bonds. The fourth-order valence-corrected chi connectivity index (χ4v) is 2.92. The molecule has 0 spiro atoms. The Kier molecular flexibility index (Phi) is 4.07. The first-order valence-electron chi connectivity index (χ1n) is 6.76. The van der Waals surface area contributed by atoms with Crippen LogP contribution in [-0.4, -0.2) is 15.0 Å². The molecule has 0 aliphatic heterocycles. The van der Waals surface area contributed by atoms with Crippen molar-refractivity contribution in [3.8, 4) is 0 Å². The minimum Gasteiger partial charge on any atom is -0.455 e. The van der Waals surface area contributed by atoms with Gasteiger partial charge < -0.3 is 9.73 Å². The Bertz CT molecular complexity index is 754. The first kappa shape index (κ1) is 14.3. The van der Waals surface area contributed by atoms with Gasteiger partial charge in [-0.3, -0.25) is 0 Å². The molecule has 3 aromatic heterocycles. The molecule has 110 valence electrons. The number of hydrogen-bond donors (Lipinski definition) is 1. The van der Waals surface area contributed by atoms with Crippen molar-refractivity contribution in [3.63, 3.8) is 0 Å². The molecule has 0 aliphatic rings. The normalized spacial score (nSPS) is 11.2. The number of nitrogens with one attached hydrogen (secondary N) is 1. The maximum Gasteiger partial charge on any atom is 0.225 e. The lowest BCUT2D eigenvalue weighted by Gasteiger charge is -2.04. The molecule has 1 N–H and O–H groups in total. The van der Waals surface area contributed by atoms with E-state index in [1.54, 1.807) is 17.5 Å². The van der Waals surface area contributed by atoms with Crippen LogP contribution in [0.1, 0.15) is 29.7 Å². The first-order chi connectivity index (χ1) is 10.2. The Hall–Kier alpha value is -1.66. The molecule has 21 heavy (non-hydrogen) atoms. The van der Waals surface area contributed by atoms with E-state index in [9.17, 15) is 0 Å². The SMILES string of the molecule is CCCc1oc2c(NCc3nccs3)nc(Cl)nc2c1C. The second-order valence-corrected chi connectivity index (χ2v) is 6.02. The summed E-state index contributed by atoms with van der Waals surface area (Å²) >= 11 is 7.61. The summed E-state index contributed by atoms with van der Waals surface area (Å²) in [5.74, 6) is 1.56. The first-order valence-corrected chi connectivity index (χ1v) is 8.02. The highest BCUT2D eigenvalue weighted by Crippen LogP contribution is 2.30. The van der Waals surface area contributed by atoms with Crippen LogP contribution in [0, 0.1) is 6.92 Å². The van der Waals surface area contributed by atoms with Crippen molar-refractivity contribution < 1.29 is 4.42 Å². The molecule has 0 aromatic carbocycles. The Morgan fingerprint density at radius 2 is 2.24 bits per heavy atom. The van der Waals surface area contributed by atoms with Gasteiger partial charge in [-0.05, 0) is 24.9 Å². The molecule has 0 unspecified atom stereocenters. The van der Waals surface area contributed by atoms with E-state index in [0.717, 1.165) is 34.7 Å². The molecule has 0 radical (unpaired) electrons. The number of halogens is 1. The van der Waals surface area contributed by atoms with Gasteiger partial charge in [0.25, 0.3) is 0 Å². The molecular formula is C14H15ClN4OS. The van der Waals surface area contributed by atoms with Crippen molar-refractivity contribution in [2.24, 2.45) is 0 Å². The lowest BCUT2D eigenvalue weighted by atomic mass is 10.2. The molecule has 0 bridgehead atoms. The van der Waals surface area contributed by atoms with Gasteiger partial charge in [-0.15, -0.1) is 11.3 Å². The summed E-state index contributed by atoms with van der Waals surface area (Å²) in [6.45, 7) is 4.71. The van der Waals surface area contributed by atoms with Gasteiger partial charge in [0.05, 0.1) is 6.54 Å². The third kappa shape index (κ3) is 2.87. The minimum atomic E-state index is 0.219. The van der Waals surface area contributed by atoms with Gasteiger partial charge in [0, 0.05) is 23.6 Å². The van der Waals surface area contributed by atoms with Gasteiger partial charge in [-0.2, -0.15) is 4.98 Å². The molecule has 3 heterocycles. The monoisotopic (exact) mass is 322 g/mol. The smallest absolute Gasteiger partial charge is 0.225 e. The summed E-state index contributed by atoms with van der Waals surface area (Å²) in [5.41, 5.74) is 2.48. The summed E-state index contributed by atoms with van der Waals surface area (Å²) < 4.78 is 5.93. The van der Waals surface area contributed by atoms with Crippen molar-refractivity contribution in [3.05, 3.63) is 33.2 Å². The van der Waals surface area contributed by atoms with E-state index in [-0.39, 0.29) is 5.28 Å². The van der Waals surface area contributed by atoms with Crippen molar-refractivity contribution in [1.82, 2.24) is 15.0 Å². The summed E-state index contributed by atoms with van der Waals surface area (Å²) in [7, 11) is 0. The molecular weight excluding hydrogens is 308 g/mol. The van der Waals surface area contributed by atoms with Crippen molar-refractivity contribution in [2.75, 3.05) is 5.32 Å². The number of aromatic nitrogens is 3. The van der Waals surface area contributed by atoms with Gasteiger partial charge in [-0.25, -0.2) is 9.97 Å². The van der Waals surface area contributed by atoms with Gasteiger partial charge >= 0.3 is 0 Å². The number of fused-ring (bicyclic) bond motifs is 1. The molecule has 0 saturated heterocycles. The fourth-order valence-electron chi connectivity index (χ4n) is 2.19. The predicted octanol–water partition coefficient (Wildman–Crippen LogP) is 4.21. The largest absolute Gasteiger partial charge is 0.455 e. The lowest BCUT2D eigenvalue weighted by Crippen LogP contribution is -2.02. The van der Waals surface area contributed by atoms with Crippen LogP contribution in [0.2, 0.25) is 5.28 Å². The second-order valence-electron chi connectivity index (χ2n) is 4.70. The number of aryl methyl sites for hydroxylation is 2. The third-order valence-electron chi connectivity index (χ3n) is 3.20. The number of rotatable bonds is 5. The van der Waals surface area contributed by atoms with Crippen LogP contribution in [0.5, 0.6) is 0 Å². The Balaban J connectivity index is 1.98. The third-order valence-corrected chi connectivity index (χ3v) is 4.15. The highest BCUT2D eigenvalue weighted by molar-refractivity contribution is 7.09. The average Bonchev–Trinajstić information content (AvgIpc) is 3.07. The van der Waals surface area contributed by atoms with Crippen LogP contribution < -0.4 is 5.32 Å². The quantitative estimate of drug-likeness (QED) is 0.713. The fraction of sp³-hybridized carbons (Fsp3) is 0.357. The summed E-state index contributed by atoms with van der Waals surface area (Å²) in [4.78, 5) is 12.8. The number of hydrogen-bond acceptors (Lipinski definition) is 6. The van der Waals surface area contributed by atoms with Gasteiger partial charge in [0.2, 0.25) is 5.28 Å². The van der Waals surface area contributed by atoms with Crippen molar-refractivity contribution in [1.29, 1.82) is 0 Å². The molecule has 5 nitrogen and oxygen atoms in total. The number of furan rings is 1. The van der Waals surface area contributed by atoms with Crippen LogP contribution in [0.25, 0.3) is 11.1 Å². The van der Waals surface area contributed by atoms with E-state index in [2.05, 4.69) is 27.2 Å². The summed E-state index contributed by atoms with van der Waals surface area (Å²) in [6.07, 6.45) is 3.68. The van der Waals surface area contributed by atoms with E-state index < -0.39 is 0 Å². The van der Waals surface area contributed by atoms with Crippen LogP contribution in [-0.2, 0) is 13.0 Å². The van der Waals surface area contributed by atoms with E-state index in [1.807, 2.05) is 12.3 Å². The molecule has 3 rings (SSSR count). The van der Waals surface area contributed by atoms with Gasteiger partial charge in [-0.1, -0.05) is 6.92 Å². The topological polar surface area (TPSA) is 63.8 Å². The van der Waals surface area contributed by atoms with E-state index >= 15 is 0 Å². The zero-order valence-electron chi connectivity index (χ0n) is 11.8. The second kappa shape index (κ2) is 5.99. The van der Waals surface area contributed by atoms with Crippen LogP contribution in [0.15, 0.2) is 16.0 Å². The number of nitrogens with zero attached hydrogens (tertiary/aromatic N) is 3. The van der Waals surface area contributed by atoms with Crippen molar-refractivity contribution >= 4 is 39.9 Å². The molecule has 3 aromatic rings.